The van der Waals surface area contributed by atoms with Crippen LogP contribution in [-0.2, 0) is 19.5 Å². The van der Waals surface area contributed by atoms with Crippen LogP contribution in [0.3, 0.4) is 0 Å². The third-order valence-corrected chi connectivity index (χ3v) is 4.54. The van der Waals surface area contributed by atoms with Crippen LogP contribution in [0.15, 0.2) is 47.5 Å². The molecular formula is C19H19N5O2. The van der Waals surface area contributed by atoms with Crippen molar-refractivity contribution in [3.63, 3.8) is 0 Å². The molecule has 0 saturated heterocycles. The summed E-state index contributed by atoms with van der Waals surface area (Å²) >= 11 is 0. The maximum absolute atomic E-state index is 12.5. The Labute approximate surface area is 151 Å². The molecule has 1 N–H and O–H groups in total. The Morgan fingerprint density at radius 3 is 2.96 bits per heavy atom. The summed E-state index contributed by atoms with van der Waals surface area (Å²) in [5.41, 5.74) is 4.93. The molecule has 0 unspecified atom stereocenters. The highest BCUT2D eigenvalue weighted by Gasteiger charge is 2.24. The van der Waals surface area contributed by atoms with Gasteiger partial charge in [0.05, 0.1) is 17.5 Å². The van der Waals surface area contributed by atoms with Crippen LogP contribution in [0.2, 0.25) is 0 Å². The van der Waals surface area contributed by atoms with Crippen molar-refractivity contribution in [3.8, 4) is 0 Å². The molecule has 4 heterocycles. The largest absolute Gasteiger partial charge is 0.472 e. The molecule has 1 aliphatic rings. The molecule has 0 aromatic carbocycles. The minimum absolute atomic E-state index is 0.0112. The summed E-state index contributed by atoms with van der Waals surface area (Å²) < 4.78 is 5.02. The van der Waals surface area contributed by atoms with Crippen molar-refractivity contribution in [2.45, 2.75) is 26.4 Å². The number of fused-ring (bicyclic) bond motifs is 1. The van der Waals surface area contributed by atoms with Crippen molar-refractivity contribution < 1.29 is 9.21 Å². The van der Waals surface area contributed by atoms with Gasteiger partial charge in [-0.2, -0.15) is 5.10 Å². The first-order chi connectivity index (χ1) is 12.7. The van der Waals surface area contributed by atoms with Crippen LogP contribution in [0.25, 0.3) is 0 Å². The minimum Gasteiger partial charge on any atom is -0.472 e. The summed E-state index contributed by atoms with van der Waals surface area (Å²) in [4.78, 5) is 18.7. The summed E-state index contributed by atoms with van der Waals surface area (Å²) in [7, 11) is 0. The van der Waals surface area contributed by atoms with Gasteiger partial charge >= 0.3 is 0 Å². The van der Waals surface area contributed by atoms with Gasteiger partial charge in [-0.3, -0.25) is 9.78 Å². The first-order valence-electron chi connectivity index (χ1n) is 8.51. The standard InChI is InChI=1S/C19H19N5O2/c1-13-2-3-18(23-22-13)21-10-15-8-20-9-16-11-24(6-4-17(15)16)19(25)14-5-7-26-12-14/h2-3,5,7-9,12H,4,6,10-11H2,1H3,(H,21,23). The van der Waals surface area contributed by atoms with Crippen molar-refractivity contribution in [1.29, 1.82) is 0 Å². The summed E-state index contributed by atoms with van der Waals surface area (Å²) in [5.74, 6) is 0.726. The molecule has 1 aliphatic heterocycles. The number of anilines is 1. The molecule has 0 atom stereocenters. The minimum atomic E-state index is -0.0112. The number of nitrogens with zero attached hydrogens (tertiary/aromatic N) is 4. The topological polar surface area (TPSA) is 84.2 Å². The SMILES string of the molecule is Cc1ccc(NCc2cncc3c2CCN(C(=O)c2ccoc2)C3)nn1. The van der Waals surface area contributed by atoms with E-state index in [2.05, 4.69) is 20.5 Å². The number of carbonyl (C=O) groups excluding carboxylic acids is 1. The van der Waals surface area contributed by atoms with Gasteiger partial charge in [-0.1, -0.05) is 0 Å². The predicted octanol–water partition coefficient (Wildman–Crippen LogP) is 2.58. The molecule has 132 valence electrons. The molecule has 3 aromatic heterocycles. The predicted molar refractivity (Wildman–Crippen MR) is 95.5 cm³/mol. The Hall–Kier alpha value is -3.22. The Kier molecular flexibility index (Phi) is 4.35. The first kappa shape index (κ1) is 16.3. The van der Waals surface area contributed by atoms with Crippen LogP contribution in [0, 0.1) is 6.92 Å². The second-order valence-corrected chi connectivity index (χ2v) is 6.34. The number of furan rings is 1. The molecular weight excluding hydrogens is 330 g/mol. The van der Waals surface area contributed by atoms with Gasteiger partial charge in [-0.05, 0) is 48.2 Å². The van der Waals surface area contributed by atoms with Gasteiger partial charge in [-0.15, -0.1) is 5.10 Å². The number of hydrogen-bond donors (Lipinski definition) is 1. The number of pyridine rings is 1. The van der Waals surface area contributed by atoms with Gasteiger partial charge in [0.2, 0.25) is 0 Å². The number of nitrogens with one attached hydrogen (secondary N) is 1. The van der Waals surface area contributed by atoms with E-state index in [1.807, 2.05) is 36.4 Å². The molecule has 0 aliphatic carbocycles. The lowest BCUT2D eigenvalue weighted by Crippen LogP contribution is -2.36. The fourth-order valence-electron chi connectivity index (χ4n) is 3.14. The Bertz CT molecular complexity index is 906. The van der Waals surface area contributed by atoms with Crippen LogP contribution >= 0.6 is 0 Å². The molecule has 7 nitrogen and oxygen atoms in total. The third kappa shape index (κ3) is 3.28. The molecule has 4 rings (SSSR count). The highest BCUT2D eigenvalue weighted by atomic mass is 16.3. The summed E-state index contributed by atoms with van der Waals surface area (Å²) in [6, 6.07) is 5.53. The van der Waals surface area contributed by atoms with Gasteiger partial charge in [0.25, 0.3) is 5.91 Å². The number of carbonyl (C=O) groups is 1. The Morgan fingerprint density at radius 2 is 2.19 bits per heavy atom. The zero-order valence-corrected chi connectivity index (χ0v) is 14.5. The zero-order chi connectivity index (χ0) is 17.9. The molecule has 1 amide bonds. The van der Waals surface area contributed by atoms with Gasteiger partial charge in [0.15, 0.2) is 0 Å². The van der Waals surface area contributed by atoms with Crippen LogP contribution in [-0.4, -0.2) is 32.5 Å². The molecule has 0 spiro atoms. The molecule has 3 aromatic rings. The number of hydrogen-bond acceptors (Lipinski definition) is 6. The van der Waals surface area contributed by atoms with E-state index in [-0.39, 0.29) is 5.91 Å². The van der Waals surface area contributed by atoms with E-state index in [9.17, 15) is 4.79 Å². The van der Waals surface area contributed by atoms with Crippen LogP contribution in [0.1, 0.15) is 32.7 Å². The quantitative estimate of drug-likeness (QED) is 0.779. The van der Waals surface area contributed by atoms with Crippen molar-refractivity contribution in [2.24, 2.45) is 0 Å². The van der Waals surface area contributed by atoms with Crippen LogP contribution < -0.4 is 5.32 Å². The van der Waals surface area contributed by atoms with Gasteiger partial charge in [-0.25, -0.2) is 0 Å². The lowest BCUT2D eigenvalue weighted by molar-refractivity contribution is 0.0733. The highest BCUT2D eigenvalue weighted by molar-refractivity contribution is 5.93. The van der Waals surface area contributed by atoms with Gasteiger partial charge in [0, 0.05) is 32.0 Å². The van der Waals surface area contributed by atoms with E-state index in [1.54, 1.807) is 6.07 Å². The highest BCUT2D eigenvalue weighted by Crippen LogP contribution is 2.23. The zero-order valence-electron chi connectivity index (χ0n) is 14.5. The van der Waals surface area contributed by atoms with E-state index >= 15 is 0 Å². The summed E-state index contributed by atoms with van der Waals surface area (Å²) in [6.45, 7) is 3.78. The second kappa shape index (κ2) is 6.95. The molecule has 0 bridgehead atoms. The first-order valence-corrected chi connectivity index (χ1v) is 8.51. The van der Waals surface area contributed by atoms with E-state index < -0.39 is 0 Å². The molecule has 0 radical (unpaired) electrons. The average Bonchev–Trinajstić information content (AvgIpc) is 3.21. The summed E-state index contributed by atoms with van der Waals surface area (Å²) in [5, 5.41) is 11.5. The maximum atomic E-state index is 12.5. The molecule has 7 heteroatoms. The lowest BCUT2D eigenvalue weighted by Gasteiger charge is -2.29. The number of aryl methyl sites for hydroxylation is 1. The van der Waals surface area contributed by atoms with Gasteiger partial charge < -0.3 is 14.6 Å². The number of rotatable bonds is 4. The Balaban J connectivity index is 1.48. The van der Waals surface area contributed by atoms with E-state index in [0.717, 1.165) is 29.1 Å². The van der Waals surface area contributed by atoms with Crippen molar-refractivity contribution in [3.05, 3.63) is 71.1 Å². The number of amides is 1. The van der Waals surface area contributed by atoms with Crippen molar-refractivity contribution >= 4 is 11.7 Å². The van der Waals surface area contributed by atoms with Crippen molar-refractivity contribution in [1.82, 2.24) is 20.1 Å². The maximum Gasteiger partial charge on any atom is 0.257 e. The molecule has 0 saturated carbocycles. The lowest BCUT2D eigenvalue weighted by atomic mass is 9.96. The fraction of sp³-hybridized carbons (Fsp3) is 0.263. The van der Waals surface area contributed by atoms with E-state index in [4.69, 9.17) is 4.42 Å². The van der Waals surface area contributed by atoms with Gasteiger partial charge in [0.1, 0.15) is 12.1 Å². The van der Waals surface area contributed by atoms with E-state index in [1.165, 1.54) is 18.1 Å². The third-order valence-electron chi connectivity index (χ3n) is 4.54. The van der Waals surface area contributed by atoms with Crippen LogP contribution in [0.5, 0.6) is 0 Å². The average molecular weight is 349 g/mol. The van der Waals surface area contributed by atoms with Crippen molar-refractivity contribution in [2.75, 3.05) is 11.9 Å². The van der Waals surface area contributed by atoms with E-state index in [0.29, 0.717) is 25.2 Å². The Morgan fingerprint density at radius 1 is 1.27 bits per heavy atom. The smallest absolute Gasteiger partial charge is 0.257 e. The fourth-order valence-corrected chi connectivity index (χ4v) is 3.14. The normalized spacial score (nSPS) is 13.3. The molecule has 26 heavy (non-hydrogen) atoms. The summed E-state index contributed by atoms with van der Waals surface area (Å²) in [6.07, 6.45) is 7.53. The van der Waals surface area contributed by atoms with Crippen LogP contribution in [0.4, 0.5) is 5.82 Å². The number of aromatic nitrogens is 3. The molecule has 0 fully saturated rings. The second-order valence-electron chi connectivity index (χ2n) is 6.34. The monoisotopic (exact) mass is 349 g/mol.